The summed E-state index contributed by atoms with van der Waals surface area (Å²) in [6.45, 7) is 2.11. The van der Waals surface area contributed by atoms with Crippen molar-refractivity contribution in [2.24, 2.45) is 17.4 Å². The molecule has 1 amide bonds. The third-order valence-corrected chi connectivity index (χ3v) is 4.20. The van der Waals surface area contributed by atoms with Gasteiger partial charge >= 0.3 is 0 Å². The largest absolute Gasteiger partial charge is 0.368 e. The van der Waals surface area contributed by atoms with Gasteiger partial charge in [-0.3, -0.25) is 4.79 Å². The standard InChI is InChI=1S/C12H23N3O/c13-10(12(14)16)6-8-15-7-2-4-9-3-1-5-11(9)15/h9-11H,1-8,13H2,(H2,14,16). The van der Waals surface area contributed by atoms with Crippen LogP contribution in [0.3, 0.4) is 0 Å². The van der Waals surface area contributed by atoms with Crippen LogP contribution < -0.4 is 11.5 Å². The van der Waals surface area contributed by atoms with Gasteiger partial charge in [0, 0.05) is 12.6 Å². The molecule has 1 aliphatic heterocycles. The first-order chi connectivity index (χ1) is 7.68. The first-order valence-electron chi connectivity index (χ1n) is 6.47. The summed E-state index contributed by atoms with van der Waals surface area (Å²) in [5.74, 6) is 0.526. The van der Waals surface area contributed by atoms with Crippen molar-refractivity contribution in [1.82, 2.24) is 4.90 Å². The molecule has 4 heteroatoms. The SMILES string of the molecule is NC(=O)C(N)CCN1CCCC2CCCC21. The van der Waals surface area contributed by atoms with Gasteiger partial charge < -0.3 is 16.4 Å². The molecule has 3 atom stereocenters. The van der Waals surface area contributed by atoms with Gasteiger partial charge in [0.25, 0.3) is 0 Å². The Morgan fingerprint density at radius 1 is 1.31 bits per heavy atom. The van der Waals surface area contributed by atoms with Crippen molar-refractivity contribution in [2.45, 2.75) is 50.6 Å². The number of likely N-dealkylation sites (tertiary alicyclic amines) is 1. The molecule has 0 spiro atoms. The fourth-order valence-corrected chi connectivity index (χ4v) is 3.28. The number of fused-ring (bicyclic) bond motifs is 1. The van der Waals surface area contributed by atoms with Crippen LogP contribution in [0.1, 0.15) is 38.5 Å². The quantitative estimate of drug-likeness (QED) is 0.730. The first-order valence-corrected chi connectivity index (χ1v) is 6.47. The van der Waals surface area contributed by atoms with E-state index in [2.05, 4.69) is 4.90 Å². The Morgan fingerprint density at radius 3 is 2.81 bits per heavy atom. The van der Waals surface area contributed by atoms with Gasteiger partial charge in [0.05, 0.1) is 6.04 Å². The highest BCUT2D eigenvalue weighted by molar-refractivity contribution is 5.79. The summed E-state index contributed by atoms with van der Waals surface area (Å²) in [4.78, 5) is 13.4. The summed E-state index contributed by atoms with van der Waals surface area (Å²) in [6.07, 6.45) is 7.49. The van der Waals surface area contributed by atoms with Gasteiger partial charge in [0.2, 0.25) is 5.91 Å². The lowest BCUT2D eigenvalue weighted by Crippen LogP contribution is -2.46. The zero-order valence-electron chi connectivity index (χ0n) is 9.90. The van der Waals surface area contributed by atoms with Crippen LogP contribution in [0.5, 0.6) is 0 Å². The van der Waals surface area contributed by atoms with Crippen LogP contribution in [0.2, 0.25) is 0 Å². The predicted molar refractivity (Wildman–Crippen MR) is 63.7 cm³/mol. The second-order valence-electron chi connectivity index (χ2n) is 5.23. The van der Waals surface area contributed by atoms with Gasteiger partial charge in [-0.1, -0.05) is 6.42 Å². The topological polar surface area (TPSA) is 72.3 Å². The number of nitrogens with zero attached hydrogens (tertiary/aromatic N) is 1. The maximum atomic E-state index is 10.9. The van der Waals surface area contributed by atoms with Crippen LogP contribution in [0, 0.1) is 5.92 Å². The summed E-state index contributed by atoms with van der Waals surface area (Å²) in [5.41, 5.74) is 10.8. The predicted octanol–water partition coefficient (Wildman–Crippen LogP) is 0.454. The minimum absolute atomic E-state index is 0.375. The Balaban J connectivity index is 1.82. The lowest BCUT2D eigenvalue weighted by Gasteiger charge is -2.38. The Hall–Kier alpha value is -0.610. The average Bonchev–Trinajstić information content (AvgIpc) is 2.73. The number of piperidine rings is 1. The van der Waals surface area contributed by atoms with E-state index in [9.17, 15) is 4.79 Å². The van der Waals surface area contributed by atoms with Gasteiger partial charge in [-0.25, -0.2) is 0 Å². The number of amides is 1. The van der Waals surface area contributed by atoms with Crippen molar-refractivity contribution >= 4 is 5.91 Å². The van der Waals surface area contributed by atoms with Crippen LogP contribution in [0.4, 0.5) is 0 Å². The van der Waals surface area contributed by atoms with Crippen LogP contribution >= 0.6 is 0 Å². The van der Waals surface area contributed by atoms with Gasteiger partial charge in [-0.15, -0.1) is 0 Å². The molecule has 0 aromatic heterocycles. The van der Waals surface area contributed by atoms with Gasteiger partial charge in [-0.05, 0) is 44.6 Å². The second kappa shape index (κ2) is 5.15. The number of nitrogens with two attached hydrogens (primary N) is 2. The number of carbonyl (C=O) groups is 1. The molecule has 1 saturated carbocycles. The van der Waals surface area contributed by atoms with E-state index in [1.807, 2.05) is 0 Å². The molecule has 2 fully saturated rings. The maximum Gasteiger partial charge on any atom is 0.234 e. The van der Waals surface area contributed by atoms with E-state index in [1.54, 1.807) is 0 Å². The number of hydrogen-bond acceptors (Lipinski definition) is 3. The highest BCUT2D eigenvalue weighted by atomic mass is 16.1. The van der Waals surface area contributed by atoms with E-state index in [1.165, 1.54) is 38.6 Å². The Bertz CT molecular complexity index is 257. The van der Waals surface area contributed by atoms with Gasteiger partial charge in [0.15, 0.2) is 0 Å². The van der Waals surface area contributed by atoms with Gasteiger partial charge in [0.1, 0.15) is 0 Å². The average molecular weight is 225 g/mol. The normalized spacial score (nSPS) is 32.3. The molecule has 0 aromatic rings. The fourth-order valence-electron chi connectivity index (χ4n) is 3.28. The molecule has 1 saturated heterocycles. The molecule has 4 nitrogen and oxygen atoms in total. The molecule has 0 aromatic carbocycles. The molecular formula is C12H23N3O. The van der Waals surface area contributed by atoms with E-state index in [-0.39, 0.29) is 5.91 Å². The van der Waals surface area contributed by atoms with Crippen molar-refractivity contribution < 1.29 is 4.79 Å². The van der Waals surface area contributed by atoms with Crippen LogP contribution in [-0.2, 0) is 4.79 Å². The zero-order valence-corrected chi connectivity index (χ0v) is 9.90. The summed E-state index contributed by atoms with van der Waals surface area (Å²) in [7, 11) is 0. The van der Waals surface area contributed by atoms with Crippen molar-refractivity contribution in [2.75, 3.05) is 13.1 Å². The number of carbonyl (C=O) groups excluding carboxylic acids is 1. The van der Waals surface area contributed by atoms with E-state index in [0.29, 0.717) is 6.42 Å². The summed E-state index contributed by atoms with van der Waals surface area (Å²) >= 11 is 0. The fraction of sp³-hybridized carbons (Fsp3) is 0.917. The molecule has 1 heterocycles. The highest BCUT2D eigenvalue weighted by Gasteiger charge is 2.34. The molecule has 1 aliphatic carbocycles. The molecule has 2 rings (SSSR count). The van der Waals surface area contributed by atoms with E-state index in [4.69, 9.17) is 11.5 Å². The lowest BCUT2D eigenvalue weighted by molar-refractivity contribution is -0.119. The Kier molecular flexibility index (Phi) is 3.82. The minimum Gasteiger partial charge on any atom is -0.368 e. The highest BCUT2D eigenvalue weighted by Crippen LogP contribution is 2.36. The second-order valence-corrected chi connectivity index (χ2v) is 5.23. The third kappa shape index (κ3) is 2.55. The first kappa shape index (κ1) is 11.9. The van der Waals surface area contributed by atoms with E-state index >= 15 is 0 Å². The van der Waals surface area contributed by atoms with Crippen molar-refractivity contribution in [3.05, 3.63) is 0 Å². The van der Waals surface area contributed by atoms with Crippen molar-refractivity contribution in [3.8, 4) is 0 Å². The van der Waals surface area contributed by atoms with Gasteiger partial charge in [-0.2, -0.15) is 0 Å². The third-order valence-electron chi connectivity index (χ3n) is 4.20. The number of rotatable bonds is 4. The Morgan fingerprint density at radius 2 is 2.06 bits per heavy atom. The summed E-state index contributed by atoms with van der Waals surface area (Å²) in [6, 6.07) is 0.288. The maximum absolute atomic E-state index is 10.9. The summed E-state index contributed by atoms with van der Waals surface area (Å²) in [5, 5.41) is 0. The monoisotopic (exact) mass is 225 g/mol. The Labute approximate surface area is 97.3 Å². The smallest absolute Gasteiger partial charge is 0.234 e. The van der Waals surface area contributed by atoms with E-state index in [0.717, 1.165) is 18.5 Å². The molecule has 0 radical (unpaired) electrons. The molecule has 3 unspecified atom stereocenters. The molecule has 92 valence electrons. The minimum atomic E-state index is -0.471. The van der Waals surface area contributed by atoms with Crippen LogP contribution in [0.15, 0.2) is 0 Å². The molecule has 4 N–H and O–H groups in total. The number of primary amides is 1. The number of hydrogen-bond donors (Lipinski definition) is 2. The van der Waals surface area contributed by atoms with Crippen LogP contribution in [0.25, 0.3) is 0 Å². The molecule has 2 aliphatic rings. The lowest BCUT2D eigenvalue weighted by atomic mass is 9.91. The molecule has 0 bridgehead atoms. The van der Waals surface area contributed by atoms with Crippen molar-refractivity contribution in [1.29, 1.82) is 0 Å². The molecule has 16 heavy (non-hydrogen) atoms. The van der Waals surface area contributed by atoms with E-state index < -0.39 is 6.04 Å². The zero-order chi connectivity index (χ0) is 11.5. The molecular weight excluding hydrogens is 202 g/mol. The summed E-state index contributed by atoms with van der Waals surface area (Å²) < 4.78 is 0. The van der Waals surface area contributed by atoms with Crippen molar-refractivity contribution in [3.63, 3.8) is 0 Å². The van der Waals surface area contributed by atoms with Crippen LogP contribution in [-0.4, -0.2) is 36.0 Å².